The van der Waals surface area contributed by atoms with E-state index in [1.165, 1.54) is 12.1 Å². The molecule has 160 valence electrons. The van der Waals surface area contributed by atoms with Gasteiger partial charge in [-0.3, -0.25) is 10.1 Å². The van der Waals surface area contributed by atoms with E-state index >= 15 is 0 Å². The van der Waals surface area contributed by atoms with Crippen molar-refractivity contribution in [2.24, 2.45) is 0 Å². The van der Waals surface area contributed by atoms with Gasteiger partial charge in [0.1, 0.15) is 5.69 Å². The fourth-order valence-corrected chi connectivity index (χ4v) is 3.74. The van der Waals surface area contributed by atoms with Crippen LogP contribution in [0.3, 0.4) is 0 Å². The molecule has 0 fully saturated rings. The average Bonchev–Trinajstić information content (AvgIpc) is 3.33. The minimum atomic E-state index is -1.26. The lowest BCUT2D eigenvalue weighted by atomic mass is 9.98. The molecule has 11 heteroatoms. The zero-order valence-corrected chi connectivity index (χ0v) is 17.9. The smallest absolute Gasteiger partial charge is 0.338 e. The van der Waals surface area contributed by atoms with E-state index in [1.54, 1.807) is 0 Å². The number of tetrazole rings is 1. The molecular weight excluding hydrogens is 480 g/mol. The Kier molecular flexibility index (Phi) is 5.90. The number of nitro groups is 1. The van der Waals surface area contributed by atoms with Gasteiger partial charge in [0.05, 0.1) is 10.5 Å². The number of carboxylic acid groups (broad SMARTS) is 1. The number of hydrogen-bond donors (Lipinski definition) is 3. The van der Waals surface area contributed by atoms with Gasteiger partial charge in [-0.25, -0.2) is 9.89 Å². The normalized spacial score (nSPS) is 10.7. The highest BCUT2D eigenvalue weighted by Crippen LogP contribution is 2.33. The highest BCUT2D eigenvalue weighted by atomic mass is 79.9. The number of carboxylic acids is 1. The van der Waals surface area contributed by atoms with Crippen LogP contribution < -0.4 is 5.32 Å². The number of hydrogen-bond acceptors (Lipinski definition) is 7. The molecule has 4 aromatic rings. The van der Waals surface area contributed by atoms with Crippen LogP contribution in [0.4, 0.5) is 11.4 Å². The summed E-state index contributed by atoms with van der Waals surface area (Å²) in [6.07, 6.45) is 0. The molecule has 0 bridgehead atoms. The van der Waals surface area contributed by atoms with Crippen LogP contribution in [0.15, 0.2) is 65.1 Å². The molecule has 1 aromatic heterocycles. The van der Waals surface area contributed by atoms with Crippen LogP contribution in [0.2, 0.25) is 0 Å². The molecular formula is C21H15BrN6O4. The summed E-state index contributed by atoms with van der Waals surface area (Å²) in [6.45, 7) is 0.205. The Morgan fingerprint density at radius 2 is 1.84 bits per heavy atom. The number of aromatic nitrogens is 4. The third kappa shape index (κ3) is 4.32. The molecule has 32 heavy (non-hydrogen) atoms. The zero-order chi connectivity index (χ0) is 22.7. The summed E-state index contributed by atoms with van der Waals surface area (Å²) in [5.41, 5.74) is 2.99. The lowest BCUT2D eigenvalue weighted by Gasteiger charge is -2.12. The van der Waals surface area contributed by atoms with Crippen molar-refractivity contribution in [1.29, 1.82) is 0 Å². The maximum atomic E-state index is 11.6. The van der Waals surface area contributed by atoms with E-state index in [1.807, 2.05) is 48.5 Å². The summed E-state index contributed by atoms with van der Waals surface area (Å²) in [6, 6.07) is 17.8. The van der Waals surface area contributed by atoms with Gasteiger partial charge in [0.2, 0.25) is 0 Å². The highest BCUT2D eigenvalue weighted by molar-refractivity contribution is 9.10. The van der Waals surface area contributed by atoms with E-state index in [4.69, 9.17) is 0 Å². The Labute approximate surface area is 189 Å². The van der Waals surface area contributed by atoms with Crippen LogP contribution in [0, 0.1) is 10.1 Å². The average molecular weight is 495 g/mol. The van der Waals surface area contributed by atoms with Gasteiger partial charge in [0, 0.05) is 22.6 Å². The van der Waals surface area contributed by atoms with Gasteiger partial charge in [0.15, 0.2) is 5.82 Å². The van der Waals surface area contributed by atoms with Crippen molar-refractivity contribution >= 4 is 33.3 Å². The van der Waals surface area contributed by atoms with Gasteiger partial charge in [-0.2, -0.15) is 0 Å². The summed E-state index contributed by atoms with van der Waals surface area (Å²) >= 11 is 3.12. The minimum absolute atomic E-state index is 0.0436. The minimum Gasteiger partial charge on any atom is -0.478 e. The topological polar surface area (TPSA) is 147 Å². The standard InChI is InChI=1S/C21H15BrN6O4/c22-14-9-17(21(29)30)19(18(10-14)28(31)32)23-11-12-5-7-13(8-6-12)15-3-1-2-4-16(15)20-24-26-27-25-20/h1-10,23H,11H2,(H,29,30)(H,24,25,26,27). The Balaban J connectivity index is 1.60. The van der Waals surface area contributed by atoms with Crippen LogP contribution in [0.1, 0.15) is 15.9 Å². The molecule has 0 radical (unpaired) electrons. The Hall–Kier alpha value is -4.12. The molecule has 10 nitrogen and oxygen atoms in total. The van der Waals surface area contributed by atoms with Crippen LogP contribution in [-0.4, -0.2) is 36.6 Å². The summed E-state index contributed by atoms with van der Waals surface area (Å²) in [5.74, 6) is -0.708. The number of nitrogens with zero attached hydrogens (tertiary/aromatic N) is 4. The molecule has 0 amide bonds. The van der Waals surface area contributed by atoms with E-state index in [0.717, 1.165) is 22.3 Å². The second-order valence-corrected chi connectivity index (χ2v) is 7.67. The third-order valence-electron chi connectivity index (χ3n) is 4.77. The molecule has 4 rings (SSSR count). The van der Waals surface area contributed by atoms with E-state index in [9.17, 15) is 20.0 Å². The third-order valence-corrected chi connectivity index (χ3v) is 5.23. The van der Waals surface area contributed by atoms with Gasteiger partial charge >= 0.3 is 5.97 Å². The molecule has 0 saturated heterocycles. The van der Waals surface area contributed by atoms with Gasteiger partial charge in [-0.1, -0.05) is 64.5 Å². The molecule has 3 aromatic carbocycles. The Morgan fingerprint density at radius 1 is 1.12 bits per heavy atom. The van der Waals surface area contributed by atoms with Crippen molar-refractivity contribution in [2.45, 2.75) is 6.54 Å². The maximum absolute atomic E-state index is 11.6. The molecule has 0 saturated carbocycles. The van der Waals surface area contributed by atoms with Crippen molar-refractivity contribution in [3.05, 3.63) is 86.4 Å². The molecule has 0 unspecified atom stereocenters. The first kappa shape index (κ1) is 21.1. The number of rotatable bonds is 7. The summed E-state index contributed by atoms with van der Waals surface area (Å²) < 4.78 is 0.317. The first-order chi connectivity index (χ1) is 15.4. The number of aromatic amines is 1. The van der Waals surface area contributed by atoms with Crippen molar-refractivity contribution in [3.63, 3.8) is 0 Å². The number of halogens is 1. The second-order valence-electron chi connectivity index (χ2n) is 6.76. The van der Waals surface area contributed by atoms with Gasteiger partial charge in [-0.05, 0) is 33.2 Å². The van der Waals surface area contributed by atoms with Gasteiger partial charge in [0.25, 0.3) is 5.69 Å². The number of nitrogens with one attached hydrogen (secondary N) is 2. The van der Waals surface area contributed by atoms with E-state index in [2.05, 4.69) is 41.9 Å². The SMILES string of the molecule is O=C(O)c1cc(Br)cc([N+](=O)[O-])c1NCc1ccc(-c2ccccc2-c2nnn[nH]2)cc1. The molecule has 0 spiro atoms. The van der Waals surface area contributed by atoms with E-state index < -0.39 is 10.9 Å². The van der Waals surface area contributed by atoms with Crippen LogP contribution in [-0.2, 0) is 6.54 Å². The van der Waals surface area contributed by atoms with E-state index in [-0.39, 0.29) is 23.5 Å². The molecule has 0 aliphatic carbocycles. The number of nitro benzene ring substituents is 1. The van der Waals surface area contributed by atoms with Gasteiger partial charge < -0.3 is 10.4 Å². The largest absolute Gasteiger partial charge is 0.478 e. The monoisotopic (exact) mass is 494 g/mol. The number of anilines is 1. The van der Waals surface area contributed by atoms with Crippen molar-refractivity contribution < 1.29 is 14.8 Å². The lowest BCUT2D eigenvalue weighted by Crippen LogP contribution is -2.09. The Bertz CT molecular complexity index is 1260. The Morgan fingerprint density at radius 3 is 2.47 bits per heavy atom. The summed E-state index contributed by atoms with van der Waals surface area (Å²) in [5, 5.41) is 37.8. The number of aromatic carboxylic acids is 1. The van der Waals surface area contributed by atoms with Crippen LogP contribution in [0.5, 0.6) is 0 Å². The first-order valence-corrected chi connectivity index (χ1v) is 10.1. The highest BCUT2D eigenvalue weighted by Gasteiger charge is 2.23. The quantitative estimate of drug-likeness (QED) is 0.251. The number of benzene rings is 3. The molecule has 0 aliphatic rings. The second kappa shape index (κ2) is 8.94. The van der Waals surface area contributed by atoms with Crippen LogP contribution in [0.25, 0.3) is 22.5 Å². The van der Waals surface area contributed by atoms with Crippen LogP contribution >= 0.6 is 15.9 Å². The predicted octanol–water partition coefficient (Wildman–Crippen LogP) is 4.51. The van der Waals surface area contributed by atoms with Crippen molar-refractivity contribution in [3.8, 4) is 22.5 Å². The summed E-state index contributed by atoms with van der Waals surface area (Å²) in [7, 11) is 0. The lowest BCUT2D eigenvalue weighted by molar-refractivity contribution is -0.384. The zero-order valence-electron chi connectivity index (χ0n) is 16.3. The fourth-order valence-electron chi connectivity index (χ4n) is 3.30. The summed E-state index contributed by atoms with van der Waals surface area (Å²) in [4.78, 5) is 22.4. The molecule has 3 N–H and O–H groups in total. The first-order valence-electron chi connectivity index (χ1n) is 9.31. The van der Waals surface area contributed by atoms with E-state index in [0.29, 0.717) is 10.3 Å². The van der Waals surface area contributed by atoms with Crippen molar-refractivity contribution in [1.82, 2.24) is 20.6 Å². The molecule has 0 aliphatic heterocycles. The predicted molar refractivity (Wildman–Crippen MR) is 120 cm³/mol. The molecule has 1 heterocycles. The number of H-pyrrole nitrogens is 1. The molecule has 0 atom stereocenters. The number of carbonyl (C=O) groups is 1. The van der Waals surface area contributed by atoms with Crippen molar-refractivity contribution in [2.75, 3.05) is 5.32 Å². The maximum Gasteiger partial charge on any atom is 0.338 e. The van der Waals surface area contributed by atoms with Gasteiger partial charge in [-0.15, -0.1) is 5.10 Å². The fraction of sp³-hybridized carbons (Fsp3) is 0.0476.